The molecule has 0 radical (unpaired) electrons. The zero-order valence-corrected chi connectivity index (χ0v) is 10.4. The summed E-state index contributed by atoms with van der Waals surface area (Å²) in [5.41, 5.74) is 8.64. The molecule has 19 heavy (non-hydrogen) atoms. The number of nitrogen functional groups attached to an aromatic ring is 1. The van der Waals surface area contributed by atoms with Gasteiger partial charge in [-0.3, -0.25) is 4.98 Å². The van der Waals surface area contributed by atoms with Gasteiger partial charge < -0.3 is 11.1 Å². The average molecular weight is 250 g/mol. The number of aromatic nitrogens is 2. The summed E-state index contributed by atoms with van der Waals surface area (Å²) >= 11 is 0. The van der Waals surface area contributed by atoms with Crippen molar-refractivity contribution in [3.8, 4) is 0 Å². The van der Waals surface area contributed by atoms with Crippen LogP contribution in [0.4, 0.5) is 11.5 Å². The minimum Gasteiger partial charge on any atom is -0.396 e. The Morgan fingerprint density at radius 2 is 1.74 bits per heavy atom. The van der Waals surface area contributed by atoms with E-state index >= 15 is 0 Å². The Bertz CT molecular complexity index is 704. The van der Waals surface area contributed by atoms with E-state index in [4.69, 9.17) is 5.73 Å². The van der Waals surface area contributed by atoms with Crippen LogP contribution in [0.3, 0.4) is 0 Å². The predicted octanol–water partition coefficient (Wildman–Crippen LogP) is 2.82. The summed E-state index contributed by atoms with van der Waals surface area (Å²) in [5, 5.41) is 4.38. The normalized spacial score (nSPS) is 10.5. The maximum absolute atomic E-state index is 5.86. The number of anilines is 2. The molecule has 4 nitrogen and oxygen atoms in total. The standard InChI is InChI=1S/C15H14N4/c16-13-7-3-9-18-15(13)19-10-12-5-1-4-11-6-2-8-17-14(11)12/h1-9H,10,16H2,(H,18,19). The van der Waals surface area contributed by atoms with Crippen LogP contribution < -0.4 is 11.1 Å². The van der Waals surface area contributed by atoms with Crippen LogP contribution in [0.15, 0.2) is 54.9 Å². The molecule has 0 amide bonds. The van der Waals surface area contributed by atoms with Gasteiger partial charge in [0.05, 0.1) is 11.2 Å². The van der Waals surface area contributed by atoms with Crippen molar-refractivity contribution in [2.75, 3.05) is 11.1 Å². The first-order valence-electron chi connectivity index (χ1n) is 6.11. The Morgan fingerprint density at radius 1 is 0.947 bits per heavy atom. The van der Waals surface area contributed by atoms with Gasteiger partial charge in [0.25, 0.3) is 0 Å². The molecule has 2 heterocycles. The minimum absolute atomic E-state index is 0.648. The molecule has 0 aliphatic rings. The Morgan fingerprint density at radius 3 is 2.63 bits per heavy atom. The third-order valence-corrected chi connectivity index (χ3v) is 3.00. The molecule has 0 atom stereocenters. The van der Waals surface area contributed by atoms with E-state index in [1.54, 1.807) is 12.4 Å². The van der Waals surface area contributed by atoms with Gasteiger partial charge in [0.15, 0.2) is 0 Å². The SMILES string of the molecule is Nc1cccnc1NCc1cccc2cccnc12. The molecule has 1 aromatic carbocycles. The highest BCUT2D eigenvalue weighted by atomic mass is 15.0. The van der Waals surface area contributed by atoms with Crippen molar-refractivity contribution in [3.63, 3.8) is 0 Å². The summed E-state index contributed by atoms with van der Waals surface area (Å²) in [7, 11) is 0. The third kappa shape index (κ3) is 2.33. The van der Waals surface area contributed by atoms with E-state index in [1.807, 2.05) is 24.3 Å². The number of hydrogen-bond donors (Lipinski definition) is 2. The molecule has 0 fully saturated rings. The Hall–Kier alpha value is -2.62. The van der Waals surface area contributed by atoms with Gasteiger partial charge in [-0.25, -0.2) is 4.98 Å². The van der Waals surface area contributed by atoms with Crippen molar-refractivity contribution in [2.24, 2.45) is 0 Å². The predicted molar refractivity (Wildman–Crippen MR) is 77.7 cm³/mol. The molecule has 4 heteroatoms. The Kier molecular flexibility index (Phi) is 2.98. The molecular weight excluding hydrogens is 236 g/mol. The number of fused-ring (bicyclic) bond motifs is 1. The van der Waals surface area contributed by atoms with E-state index in [2.05, 4.69) is 33.5 Å². The molecule has 0 aliphatic carbocycles. The van der Waals surface area contributed by atoms with E-state index in [-0.39, 0.29) is 0 Å². The first-order chi connectivity index (χ1) is 9.34. The summed E-state index contributed by atoms with van der Waals surface area (Å²) in [6.07, 6.45) is 3.53. The highest BCUT2D eigenvalue weighted by molar-refractivity contribution is 5.81. The lowest BCUT2D eigenvalue weighted by Gasteiger charge is -2.09. The van der Waals surface area contributed by atoms with Crippen molar-refractivity contribution in [1.29, 1.82) is 0 Å². The molecule has 0 unspecified atom stereocenters. The number of para-hydroxylation sites is 1. The molecule has 0 bridgehead atoms. The smallest absolute Gasteiger partial charge is 0.149 e. The van der Waals surface area contributed by atoms with Crippen LogP contribution in [-0.2, 0) is 6.54 Å². The van der Waals surface area contributed by atoms with Crippen LogP contribution in [0.2, 0.25) is 0 Å². The molecule has 0 saturated carbocycles. The van der Waals surface area contributed by atoms with Crippen LogP contribution in [-0.4, -0.2) is 9.97 Å². The number of rotatable bonds is 3. The second kappa shape index (κ2) is 4.94. The van der Waals surface area contributed by atoms with Gasteiger partial charge in [0.2, 0.25) is 0 Å². The molecule has 3 rings (SSSR count). The largest absolute Gasteiger partial charge is 0.396 e. The van der Waals surface area contributed by atoms with E-state index in [9.17, 15) is 0 Å². The molecular formula is C15H14N4. The van der Waals surface area contributed by atoms with Gasteiger partial charge in [0.1, 0.15) is 5.82 Å². The number of nitrogens with one attached hydrogen (secondary N) is 1. The summed E-state index contributed by atoms with van der Waals surface area (Å²) in [6, 6.07) is 13.8. The van der Waals surface area contributed by atoms with Crippen molar-refractivity contribution in [2.45, 2.75) is 6.54 Å². The molecule has 0 spiro atoms. The van der Waals surface area contributed by atoms with Gasteiger partial charge in [-0.05, 0) is 23.8 Å². The molecule has 0 aliphatic heterocycles. The maximum atomic E-state index is 5.86. The van der Waals surface area contributed by atoms with Gasteiger partial charge in [-0.2, -0.15) is 0 Å². The summed E-state index contributed by atoms with van der Waals surface area (Å²) in [4.78, 5) is 8.64. The first-order valence-corrected chi connectivity index (χ1v) is 6.11. The lowest BCUT2D eigenvalue weighted by molar-refractivity contribution is 1.12. The summed E-state index contributed by atoms with van der Waals surface area (Å²) in [5.74, 6) is 0.704. The molecule has 0 saturated heterocycles. The van der Waals surface area contributed by atoms with Gasteiger partial charge in [-0.1, -0.05) is 24.3 Å². The van der Waals surface area contributed by atoms with Gasteiger partial charge in [-0.15, -0.1) is 0 Å². The molecule has 94 valence electrons. The fourth-order valence-corrected chi connectivity index (χ4v) is 2.05. The van der Waals surface area contributed by atoms with Crippen molar-refractivity contribution < 1.29 is 0 Å². The highest BCUT2D eigenvalue weighted by Crippen LogP contribution is 2.19. The number of nitrogens with zero attached hydrogens (tertiary/aromatic N) is 2. The zero-order chi connectivity index (χ0) is 13.1. The number of hydrogen-bond acceptors (Lipinski definition) is 4. The number of nitrogens with two attached hydrogens (primary N) is 1. The van der Waals surface area contributed by atoms with Crippen molar-refractivity contribution in [3.05, 3.63) is 60.4 Å². The quantitative estimate of drug-likeness (QED) is 0.750. The third-order valence-electron chi connectivity index (χ3n) is 3.00. The monoisotopic (exact) mass is 250 g/mol. The van der Waals surface area contributed by atoms with E-state index in [1.165, 1.54) is 0 Å². The van der Waals surface area contributed by atoms with Crippen LogP contribution in [0.1, 0.15) is 5.56 Å². The van der Waals surface area contributed by atoms with Crippen LogP contribution in [0, 0.1) is 0 Å². The van der Waals surface area contributed by atoms with Crippen molar-refractivity contribution >= 4 is 22.4 Å². The zero-order valence-electron chi connectivity index (χ0n) is 10.4. The van der Waals surface area contributed by atoms with E-state index in [0.717, 1.165) is 16.5 Å². The fraction of sp³-hybridized carbons (Fsp3) is 0.0667. The first kappa shape index (κ1) is 11.5. The highest BCUT2D eigenvalue weighted by Gasteiger charge is 2.03. The maximum Gasteiger partial charge on any atom is 0.149 e. The van der Waals surface area contributed by atoms with Gasteiger partial charge in [0, 0.05) is 24.3 Å². The second-order valence-corrected chi connectivity index (χ2v) is 4.29. The molecule has 3 N–H and O–H groups in total. The Balaban J connectivity index is 1.88. The summed E-state index contributed by atoms with van der Waals surface area (Å²) in [6.45, 7) is 0.648. The number of pyridine rings is 2. The lowest BCUT2D eigenvalue weighted by Crippen LogP contribution is -2.05. The Labute approximate surface area is 111 Å². The fourth-order valence-electron chi connectivity index (χ4n) is 2.05. The molecule has 2 aromatic heterocycles. The minimum atomic E-state index is 0.648. The van der Waals surface area contributed by atoms with Crippen molar-refractivity contribution in [1.82, 2.24) is 9.97 Å². The molecule has 3 aromatic rings. The number of benzene rings is 1. The average Bonchev–Trinajstić information content (AvgIpc) is 2.46. The second-order valence-electron chi connectivity index (χ2n) is 4.29. The van der Waals surface area contributed by atoms with E-state index in [0.29, 0.717) is 18.1 Å². The topological polar surface area (TPSA) is 63.8 Å². The lowest BCUT2D eigenvalue weighted by atomic mass is 10.1. The van der Waals surface area contributed by atoms with Crippen LogP contribution >= 0.6 is 0 Å². The van der Waals surface area contributed by atoms with Crippen LogP contribution in [0.5, 0.6) is 0 Å². The van der Waals surface area contributed by atoms with Crippen LogP contribution in [0.25, 0.3) is 10.9 Å². The van der Waals surface area contributed by atoms with E-state index < -0.39 is 0 Å². The van der Waals surface area contributed by atoms with Gasteiger partial charge >= 0.3 is 0 Å². The summed E-state index contributed by atoms with van der Waals surface area (Å²) < 4.78 is 0.